The third kappa shape index (κ3) is 10.8. The highest BCUT2D eigenvalue weighted by Gasteiger charge is 1.83. The monoisotopic (exact) mass is 136 g/mol. The maximum absolute atomic E-state index is 5.00. The highest BCUT2D eigenvalue weighted by atomic mass is 35.5. The van der Waals surface area contributed by atoms with E-state index in [1.54, 1.807) is 0 Å². The molecule has 7 heavy (non-hydrogen) atoms. The summed E-state index contributed by atoms with van der Waals surface area (Å²) in [5.41, 5.74) is 0. The minimum absolute atomic E-state index is 0. The van der Waals surface area contributed by atoms with E-state index in [4.69, 9.17) is 4.74 Å². The van der Waals surface area contributed by atoms with Crippen LogP contribution in [0.4, 0.5) is 0 Å². The lowest BCUT2D eigenvalue weighted by molar-refractivity contribution is 0.132. The van der Waals surface area contributed by atoms with Crippen molar-refractivity contribution in [1.82, 2.24) is 0 Å². The van der Waals surface area contributed by atoms with Crippen LogP contribution in [0.1, 0.15) is 13.8 Å². The van der Waals surface area contributed by atoms with Crippen LogP contribution in [0.3, 0.4) is 0 Å². The molecule has 0 aliphatic carbocycles. The van der Waals surface area contributed by atoms with Gasteiger partial charge >= 0.3 is 0 Å². The average Bonchev–Trinajstić information content (AvgIpc) is 1.35. The minimum Gasteiger partial charge on any atom is -0.396 e. The van der Waals surface area contributed by atoms with E-state index in [1.807, 2.05) is 13.8 Å². The van der Waals surface area contributed by atoms with E-state index in [-0.39, 0.29) is 12.4 Å². The van der Waals surface area contributed by atoms with Crippen molar-refractivity contribution in [3.63, 3.8) is 0 Å². The Labute approximate surface area is 59.3 Å². The summed E-state index contributed by atoms with van der Waals surface area (Å²) < 4.78 is 5.00. The fraction of sp³-hybridized carbons (Fsp3) is 1.00. The molecule has 0 aromatic heterocycles. The summed E-state index contributed by atoms with van der Waals surface area (Å²) in [7, 11) is 0. The van der Waals surface area contributed by atoms with Crippen molar-refractivity contribution in [2.75, 3.05) is 6.61 Å². The van der Waals surface area contributed by atoms with Gasteiger partial charge in [0.1, 0.15) is 0 Å². The molecule has 0 rings (SSSR count). The van der Waals surface area contributed by atoms with E-state index in [9.17, 15) is 0 Å². The van der Waals surface area contributed by atoms with Crippen LogP contribution < -0.4 is 0 Å². The first kappa shape index (κ1) is 10.7. The van der Waals surface area contributed by atoms with Gasteiger partial charge in [0.05, 0.1) is 0 Å². The Balaban J connectivity index is 0. The van der Waals surface area contributed by atoms with E-state index < -0.39 is 0 Å². The molecular weight excluding hydrogens is 126 g/mol. The summed E-state index contributed by atoms with van der Waals surface area (Å²) in [6, 6.07) is 0. The predicted molar refractivity (Wildman–Crippen MR) is 34.1 cm³/mol. The molecule has 0 heterocycles. The van der Waals surface area contributed by atoms with Gasteiger partial charge in [0, 0.05) is 6.61 Å². The molecule has 0 aliphatic rings. The van der Waals surface area contributed by atoms with Crippen molar-refractivity contribution >= 4 is 28.7 Å². The van der Waals surface area contributed by atoms with Crippen molar-refractivity contribution in [2.45, 2.75) is 18.8 Å². The molecule has 0 aromatic rings. The molecule has 0 aliphatic heterocycles. The van der Waals surface area contributed by atoms with Crippen LogP contribution in [0.25, 0.3) is 0 Å². The fourth-order valence-corrected chi connectivity index (χ4v) is 0.455. The third-order valence-corrected chi connectivity index (χ3v) is 0.622. The Kier molecular flexibility index (Phi) is 10.4. The molecule has 1 nitrogen and oxygen atoms in total. The van der Waals surface area contributed by atoms with Gasteiger partial charge in [-0.1, -0.05) is 6.92 Å². The van der Waals surface area contributed by atoms with Crippen molar-refractivity contribution < 1.29 is 4.74 Å². The van der Waals surface area contributed by atoms with Gasteiger partial charge in [0.15, 0.2) is 16.3 Å². The Hall–Kier alpha value is 0.782. The molecule has 3 heteroatoms. The second-order valence-electron chi connectivity index (χ2n) is 1.16. The van der Waals surface area contributed by atoms with Gasteiger partial charge in [-0.2, -0.15) is 0 Å². The number of hydrogen-bond donors (Lipinski definition) is 0. The molecule has 42 valence electrons. The smallest absolute Gasteiger partial charge is 0.170 e. The molecule has 2 radical (unpaired) electrons. The van der Waals surface area contributed by atoms with Gasteiger partial charge in [-0.25, -0.2) is 0 Å². The molecule has 0 spiro atoms. The van der Waals surface area contributed by atoms with Gasteiger partial charge in [-0.15, -0.1) is 12.4 Å². The van der Waals surface area contributed by atoms with Crippen molar-refractivity contribution in [3.05, 3.63) is 0 Å². The molecule has 0 saturated carbocycles. The van der Waals surface area contributed by atoms with Crippen LogP contribution in [0.2, 0.25) is 0 Å². The standard InChI is InChI=1S/C4H9O.Al.ClH/c1-3-5-4-2;;/h3H,4H2,1-2H3;;1H. The van der Waals surface area contributed by atoms with Gasteiger partial charge in [-0.3, -0.25) is 0 Å². The highest BCUT2D eigenvalue weighted by Crippen LogP contribution is 1.78. The van der Waals surface area contributed by atoms with Crippen LogP contribution in [-0.4, -0.2) is 27.9 Å². The van der Waals surface area contributed by atoms with Crippen LogP contribution >= 0.6 is 12.4 Å². The molecule has 0 fully saturated rings. The first-order valence-corrected chi connectivity index (χ1v) is 2.81. The van der Waals surface area contributed by atoms with E-state index in [0.29, 0.717) is 4.97 Å². The van der Waals surface area contributed by atoms with Gasteiger partial charge in [0.2, 0.25) is 0 Å². The molecule has 0 bridgehead atoms. The molecule has 0 saturated heterocycles. The molecule has 1 atom stereocenters. The average molecular weight is 137 g/mol. The molecule has 0 amide bonds. The number of halogens is 1. The second kappa shape index (κ2) is 6.78. The zero-order valence-electron chi connectivity index (χ0n) is 4.68. The lowest BCUT2D eigenvalue weighted by Gasteiger charge is -2.01. The first-order valence-electron chi connectivity index (χ1n) is 2.14. The summed E-state index contributed by atoms with van der Waals surface area (Å²) in [5.74, 6) is 0. The summed E-state index contributed by atoms with van der Waals surface area (Å²) in [6.07, 6.45) is 0. The number of rotatable bonds is 2. The van der Waals surface area contributed by atoms with Crippen LogP contribution in [0.15, 0.2) is 0 Å². The van der Waals surface area contributed by atoms with Crippen LogP contribution in [-0.2, 0) is 4.74 Å². The van der Waals surface area contributed by atoms with Crippen molar-refractivity contribution in [3.8, 4) is 0 Å². The molecule has 1 unspecified atom stereocenters. The molecule has 0 N–H and O–H groups in total. The van der Waals surface area contributed by atoms with E-state index >= 15 is 0 Å². The highest BCUT2D eigenvalue weighted by molar-refractivity contribution is 6.10. The first-order chi connectivity index (χ1) is 2.77. The summed E-state index contributed by atoms with van der Waals surface area (Å²) >= 11 is 2.56. The Morgan fingerprint density at radius 1 is 1.71 bits per heavy atom. The normalized spacial score (nSPS) is 12.3. The van der Waals surface area contributed by atoms with Gasteiger partial charge in [0.25, 0.3) is 0 Å². The minimum atomic E-state index is 0. The largest absolute Gasteiger partial charge is 0.396 e. The lowest BCUT2D eigenvalue weighted by atomic mass is 10.8. The molecule has 0 aromatic carbocycles. The van der Waals surface area contributed by atoms with E-state index in [0.717, 1.165) is 6.61 Å². The topological polar surface area (TPSA) is 9.23 Å². The second-order valence-corrected chi connectivity index (χ2v) is 2.10. The number of hydrogen-bond acceptors (Lipinski definition) is 1. The number of ether oxygens (including phenoxy) is 1. The predicted octanol–water partition coefficient (Wildman–Crippen LogP) is 0.959. The Morgan fingerprint density at radius 3 is 2.14 bits per heavy atom. The van der Waals surface area contributed by atoms with Crippen LogP contribution in [0.5, 0.6) is 0 Å². The SMILES string of the molecule is CCO[CH](C)[Al].Cl. The summed E-state index contributed by atoms with van der Waals surface area (Å²) in [4.78, 5) is 0.315. The maximum Gasteiger partial charge on any atom is 0.170 e. The van der Waals surface area contributed by atoms with Crippen molar-refractivity contribution in [2.24, 2.45) is 0 Å². The van der Waals surface area contributed by atoms with Gasteiger partial charge in [-0.05, 0) is 11.9 Å². The molecular formula is C4H10AlClO. The quantitative estimate of drug-likeness (QED) is 0.514. The third-order valence-electron chi connectivity index (χ3n) is 0.430. The fourth-order valence-electron chi connectivity index (χ4n) is 0.263. The lowest BCUT2D eigenvalue weighted by Crippen LogP contribution is -2.05. The van der Waals surface area contributed by atoms with E-state index in [1.165, 1.54) is 0 Å². The zero-order valence-corrected chi connectivity index (χ0v) is 6.65. The van der Waals surface area contributed by atoms with Crippen LogP contribution in [0, 0.1) is 0 Å². The Morgan fingerprint density at radius 2 is 2.14 bits per heavy atom. The maximum atomic E-state index is 5.00. The zero-order chi connectivity index (χ0) is 4.99. The summed E-state index contributed by atoms with van der Waals surface area (Å²) in [5, 5.41) is 0. The van der Waals surface area contributed by atoms with Gasteiger partial charge < -0.3 is 4.74 Å². The Bertz CT molecular complexity index is 32.9. The van der Waals surface area contributed by atoms with E-state index in [2.05, 4.69) is 16.3 Å². The summed E-state index contributed by atoms with van der Waals surface area (Å²) in [6.45, 7) is 4.79. The van der Waals surface area contributed by atoms with Crippen molar-refractivity contribution in [1.29, 1.82) is 0 Å².